The van der Waals surface area contributed by atoms with Gasteiger partial charge in [0, 0.05) is 13.0 Å². The highest BCUT2D eigenvalue weighted by Crippen LogP contribution is 2.11. The summed E-state index contributed by atoms with van der Waals surface area (Å²) < 4.78 is 11.1. The molecule has 4 heteroatoms. The molecule has 0 fully saturated rings. The number of unbranched alkanes of at least 4 members (excludes halogenated alkanes) is 17. The lowest BCUT2D eigenvalue weighted by molar-refractivity contribution is -0.154. The van der Waals surface area contributed by atoms with Gasteiger partial charge in [-0.25, -0.2) is 0 Å². The van der Waals surface area contributed by atoms with Gasteiger partial charge in [-0.05, 0) is 70.6 Å². The average Bonchev–Trinajstić information content (AvgIpc) is 3.01. The molecule has 0 aromatic heterocycles. The summed E-state index contributed by atoms with van der Waals surface area (Å²) in [5.74, 6) is -0.220. The Morgan fingerprint density at radius 2 is 1.00 bits per heavy atom. The van der Waals surface area contributed by atoms with Crippen LogP contribution in [0.3, 0.4) is 0 Å². The second-order valence-corrected chi connectivity index (χ2v) is 11.9. The number of esters is 1. The molecular formula is C39H70O4. The summed E-state index contributed by atoms with van der Waals surface area (Å²) in [5.41, 5.74) is 0. The molecule has 0 amide bonds. The third-order valence-electron chi connectivity index (χ3n) is 7.63. The van der Waals surface area contributed by atoms with E-state index in [9.17, 15) is 9.90 Å². The number of aliphatic hydroxyl groups excluding tert-OH is 1. The predicted molar refractivity (Wildman–Crippen MR) is 187 cm³/mol. The Morgan fingerprint density at radius 1 is 0.558 bits per heavy atom. The fourth-order valence-electron chi connectivity index (χ4n) is 4.84. The number of allylic oxidation sites excluding steroid dienone is 8. The molecule has 0 radical (unpaired) electrons. The maximum Gasteiger partial charge on any atom is 0.306 e. The van der Waals surface area contributed by atoms with Crippen molar-refractivity contribution in [2.24, 2.45) is 0 Å². The van der Waals surface area contributed by atoms with Gasteiger partial charge in [-0.15, -0.1) is 0 Å². The molecule has 0 aliphatic carbocycles. The van der Waals surface area contributed by atoms with Crippen LogP contribution in [0.2, 0.25) is 0 Å². The molecule has 0 spiro atoms. The van der Waals surface area contributed by atoms with Gasteiger partial charge in [0.2, 0.25) is 0 Å². The monoisotopic (exact) mass is 603 g/mol. The van der Waals surface area contributed by atoms with E-state index < -0.39 is 6.10 Å². The van der Waals surface area contributed by atoms with Crippen LogP contribution in [-0.4, -0.2) is 37.0 Å². The smallest absolute Gasteiger partial charge is 0.306 e. The van der Waals surface area contributed by atoms with Gasteiger partial charge in [-0.1, -0.05) is 140 Å². The van der Waals surface area contributed by atoms with Crippen LogP contribution in [0.5, 0.6) is 0 Å². The van der Waals surface area contributed by atoms with E-state index in [1.807, 2.05) is 0 Å². The molecule has 250 valence electrons. The number of rotatable bonds is 33. The zero-order chi connectivity index (χ0) is 31.3. The molecule has 0 rings (SSSR count). The zero-order valence-electron chi connectivity index (χ0n) is 28.5. The molecule has 0 aliphatic heterocycles. The van der Waals surface area contributed by atoms with E-state index in [1.54, 1.807) is 0 Å². The molecule has 0 saturated carbocycles. The van der Waals surface area contributed by atoms with Crippen molar-refractivity contribution in [1.29, 1.82) is 0 Å². The minimum Gasteiger partial charge on any atom is -0.457 e. The van der Waals surface area contributed by atoms with Crippen LogP contribution in [0.25, 0.3) is 0 Å². The van der Waals surface area contributed by atoms with Gasteiger partial charge in [-0.2, -0.15) is 0 Å². The number of carbonyl (C=O) groups is 1. The molecule has 0 aromatic carbocycles. The Hall–Kier alpha value is -1.65. The van der Waals surface area contributed by atoms with E-state index in [0.717, 1.165) is 51.4 Å². The van der Waals surface area contributed by atoms with Crippen LogP contribution in [0.15, 0.2) is 48.6 Å². The van der Waals surface area contributed by atoms with E-state index in [-0.39, 0.29) is 19.2 Å². The SMILES string of the molecule is CCCC/C=C\C/C=C\CCCCCCCCOCC(CO)OC(=O)CCCCCCC/C=C\C/C=C\CCCCCC. The fraction of sp³-hybridized carbons (Fsp3) is 0.769. The van der Waals surface area contributed by atoms with Crippen molar-refractivity contribution in [2.75, 3.05) is 19.8 Å². The van der Waals surface area contributed by atoms with Crippen LogP contribution >= 0.6 is 0 Å². The van der Waals surface area contributed by atoms with Crippen molar-refractivity contribution >= 4 is 5.97 Å². The summed E-state index contributed by atoms with van der Waals surface area (Å²) in [6.07, 6.45) is 45.7. The van der Waals surface area contributed by atoms with Gasteiger partial charge in [-0.3, -0.25) is 4.79 Å². The van der Waals surface area contributed by atoms with Gasteiger partial charge in [0.1, 0.15) is 6.10 Å². The summed E-state index contributed by atoms with van der Waals surface area (Å²) in [5, 5.41) is 9.55. The molecule has 0 bridgehead atoms. The summed E-state index contributed by atoms with van der Waals surface area (Å²) in [6.45, 7) is 5.25. The number of hydrogen-bond donors (Lipinski definition) is 1. The van der Waals surface area contributed by atoms with Crippen molar-refractivity contribution in [3.05, 3.63) is 48.6 Å². The van der Waals surface area contributed by atoms with E-state index in [1.165, 1.54) is 96.3 Å². The number of hydrogen-bond acceptors (Lipinski definition) is 4. The van der Waals surface area contributed by atoms with Crippen LogP contribution < -0.4 is 0 Å². The first-order valence-electron chi connectivity index (χ1n) is 18.2. The van der Waals surface area contributed by atoms with E-state index in [4.69, 9.17) is 9.47 Å². The van der Waals surface area contributed by atoms with Gasteiger partial charge in [0.25, 0.3) is 0 Å². The first kappa shape index (κ1) is 41.4. The van der Waals surface area contributed by atoms with Gasteiger partial charge in [0.15, 0.2) is 0 Å². The second kappa shape index (κ2) is 36.5. The molecule has 1 atom stereocenters. The minimum atomic E-state index is -0.546. The van der Waals surface area contributed by atoms with Crippen molar-refractivity contribution in [2.45, 2.75) is 174 Å². The first-order valence-corrected chi connectivity index (χ1v) is 18.2. The van der Waals surface area contributed by atoms with Crippen molar-refractivity contribution in [3.63, 3.8) is 0 Å². The largest absolute Gasteiger partial charge is 0.457 e. The molecule has 0 aromatic rings. The Kier molecular flexibility index (Phi) is 35.1. The van der Waals surface area contributed by atoms with Crippen LogP contribution in [-0.2, 0) is 14.3 Å². The molecule has 1 N–H and O–H groups in total. The summed E-state index contributed by atoms with van der Waals surface area (Å²) in [6, 6.07) is 0. The highest BCUT2D eigenvalue weighted by molar-refractivity contribution is 5.69. The Labute approximate surface area is 267 Å². The van der Waals surface area contributed by atoms with Crippen molar-refractivity contribution in [1.82, 2.24) is 0 Å². The van der Waals surface area contributed by atoms with Crippen LogP contribution in [0, 0.1) is 0 Å². The minimum absolute atomic E-state index is 0.183. The Balaban J connectivity index is 3.51. The molecule has 4 nitrogen and oxygen atoms in total. The Bertz CT molecular complexity index is 679. The molecule has 0 heterocycles. The highest BCUT2D eigenvalue weighted by Gasteiger charge is 2.13. The van der Waals surface area contributed by atoms with Crippen LogP contribution in [0.4, 0.5) is 0 Å². The lowest BCUT2D eigenvalue weighted by Crippen LogP contribution is -2.27. The normalized spacial score (nSPS) is 12.9. The quantitative estimate of drug-likeness (QED) is 0.0461. The zero-order valence-corrected chi connectivity index (χ0v) is 28.5. The van der Waals surface area contributed by atoms with Gasteiger partial charge in [0.05, 0.1) is 13.2 Å². The topological polar surface area (TPSA) is 55.8 Å². The molecule has 43 heavy (non-hydrogen) atoms. The summed E-state index contributed by atoms with van der Waals surface area (Å²) in [4.78, 5) is 12.1. The number of carbonyl (C=O) groups excluding carboxylic acids is 1. The first-order chi connectivity index (χ1) is 21.2. The average molecular weight is 603 g/mol. The van der Waals surface area contributed by atoms with Crippen LogP contribution in [0.1, 0.15) is 168 Å². The van der Waals surface area contributed by atoms with Crippen molar-refractivity contribution in [3.8, 4) is 0 Å². The molecule has 0 aliphatic rings. The maximum atomic E-state index is 12.1. The third-order valence-corrected chi connectivity index (χ3v) is 7.63. The standard InChI is InChI=1S/C39H70O4/c1-3-5-7-9-11-13-15-17-19-20-22-24-26-28-30-32-34-39(41)43-38(36-40)37-42-35-33-31-29-27-25-23-21-18-16-14-12-10-8-6-4-2/h10,12-13,15-16,18-20,38,40H,3-9,11,14,17,21-37H2,1-2H3/b12-10-,15-13-,18-16-,20-19-. The Morgan fingerprint density at radius 3 is 1.51 bits per heavy atom. The third kappa shape index (κ3) is 34.7. The van der Waals surface area contributed by atoms with E-state index in [0.29, 0.717) is 13.0 Å². The maximum absolute atomic E-state index is 12.1. The number of aliphatic hydroxyl groups is 1. The lowest BCUT2D eigenvalue weighted by Gasteiger charge is -2.15. The molecular weight excluding hydrogens is 532 g/mol. The summed E-state index contributed by atoms with van der Waals surface area (Å²) in [7, 11) is 0. The predicted octanol–water partition coefficient (Wildman–Crippen LogP) is 11.5. The highest BCUT2D eigenvalue weighted by atomic mass is 16.6. The van der Waals surface area contributed by atoms with E-state index in [2.05, 4.69) is 62.5 Å². The molecule has 0 saturated heterocycles. The van der Waals surface area contributed by atoms with Crippen molar-refractivity contribution < 1.29 is 19.4 Å². The van der Waals surface area contributed by atoms with Gasteiger partial charge < -0.3 is 14.6 Å². The summed E-state index contributed by atoms with van der Waals surface area (Å²) >= 11 is 0. The number of ether oxygens (including phenoxy) is 2. The second-order valence-electron chi connectivity index (χ2n) is 11.9. The fourth-order valence-corrected chi connectivity index (χ4v) is 4.84. The molecule has 1 unspecified atom stereocenters. The van der Waals surface area contributed by atoms with E-state index >= 15 is 0 Å². The lowest BCUT2D eigenvalue weighted by atomic mass is 10.1. The van der Waals surface area contributed by atoms with Gasteiger partial charge >= 0.3 is 5.97 Å².